The molecule has 2 N–H and O–H groups in total. The van der Waals surface area contributed by atoms with Gasteiger partial charge in [-0.1, -0.05) is 18.2 Å². The normalized spacial score (nSPS) is 9.83. The lowest BCUT2D eigenvalue weighted by atomic mass is 10.1. The smallest absolute Gasteiger partial charge is 0.255 e. The van der Waals surface area contributed by atoms with Crippen LogP contribution in [0.1, 0.15) is 26.3 Å². The third-order valence-electron chi connectivity index (χ3n) is 3.27. The van der Waals surface area contributed by atoms with Gasteiger partial charge in [-0.05, 0) is 30.3 Å². The van der Waals surface area contributed by atoms with Gasteiger partial charge in [0.05, 0.1) is 29.5 Å². The highest BCUT2D eigenvalue weighted by Gasteiger charge is 2.14. The number of carbonyl (C=O) groups excluding carboxylic acids is 2. The van der Waals surface area contributed by atoms with Gasteiger partial charge in [-0.15, -0.1) is 0 Å². The first-order valence-electron chi connectivity index (χ1n) is 7.33. The Morgan fingerprint density at radius 3 is 2.67 bits per heavy atom. The molecule has 0 saturated heterocycles. The zero-order valence-corrected chi connectivity index (χ0v) is 13.2. The van der Waals surface area contributed by atoms with Crippen LogP contribution in [-0.2, 0) is 4.74 Å². The van der Waals surface area contributed by atoms with Gasteiger partial charge < -0.3 is 15.4 Å². The molecule has 2 aromatic carbocycles. The number of hydrogen-bond acceptors (Lipinski definition) is 4. The second-order valence-corrected chi connectivity index (χ2v) is 4.94. The molecule has 0 fully saturated rings. The molecular formula is C18H17N3O3. The van der Waals surface area contributed by atoms with E-state index < -0.39 is 0 Å². The fourth-order valence-corrected chi connectivity index (χ4v) is 2.08. The van der Waals surface area contributed by atoms with Crippen LogP contribution in [0, 0.1) is 11.3 Å². The second-order valence-electron chi connectivity index (χ2n) is 4.94. The topological polar surface area (TPSA) is 91.2 Å². The first-order valence-corrected chi connectivity index (χ1v) is 7.33. The van der Waals surface area contributed by atoms with Gasteiger partial charge in [0.1, 0.15) is 0 Å². The van der Waals surface area contributed by atoms with Crippen LogP contribution < -0.4 is 10.6 Å². The van der Waals surface area contributed by atoms with Crippen LogP contribution in [0.25, 0.3) is 0 Å². The van der Waals surface area contributed by atoms with Crippen molar-refractivity contribution in [2.75, 3.05) is 25.6 Å². The summed E-state index contributed by atoms with van der Waals surface area (Å²) in [5.41, 5.74) is 1.51. The van der Waals surface area contributed by atoms with Crippen molar-refractivity contribution in [3.63, 3.8) is 0 Å². The number of nitrogens with one attached hydrogen (secondary N) is 2. The van der Waals surface area contributed by atoms with E-state index in [1.807, 2.05) is 6.07 Å². The molecule has 0 atom stereocenters. The molecule has 24 heavy (non-hydrogen) atoms. The van der Waals surface area contributed by atoms with Crippen molar-refractivity contribution in [3.05, 3.63) is 65.2 Å². The molecule has 0 aliphatic carbocycles. The minimum Gasteiger partial charge on any atom is -0.383 e. The molecular weight excluding hydrogens is 306 g/mol. The Bertz CT molecular complexity index is 781. The van der Waals surface area contributed by atoms with Gasteiger partial charge in [0.2, 0.25) is 0 Å². The first kappa shape index (κ1) is 17.2. The van der Waals surface area contributed by atoms with E-state index >= 15 is 0 Å². The van der Waals surface area contributed by atoms with E-state index in [9.17, 15) is 9.59 Å². The Hall–Kier alpha value is -3.17. The van der Waals surface area contributed by atoms with E-state index in [-0.39, 0.29) is 11.8 Å². The van der Waals surface area contributed by atoms with Crippen molar-refractivity contribution in [3.8, 4) is 6.07 Å². The van der Waals surface area contributed by atoms with Gasteiger partial charge in [-0.2, -0.15) is 5.26 Å². The molecule has 0 radical (unpaired) electrons. The van der Waals surface area contributed by atoms with E-state index in [0.29, 0.717) is 35.5 Å². The number of hydrogen-bond donors (Lipinski definition) is 2. The summed E-state index contributed by atoms with van der Waals surface area (Å²) < 4.78 is 4.89. The van der Waals surface area contributed by atoms with Crippen LogP contribution in [0.3, 0.4) is 0 Å². The molecule has 2 rings (SSSR count). The summed E-state index contributed by atoms with van der Waals surface area (Å²) in [5.74, 6) is -0.682. The summed E-state index contributed by atoms with van der Waals surface area (Å²) in [4.78, 5) is 24.5. The van der Waals surface area contributed by atoms with Crippen molar-refractivity contribution in [2.24, 2.45) is 0 Å². The number of nitriles is 1. The maximum Gasteiger partial charge on any atom is 0.255 e. The second kappa shape index (κ2) is 8.46. The predicted octanol–water partition coefficient (Wildman–Crippen LogP) is 2.19. The minimum absolute atomic E-state index is 0.297. The number of amides is 2. The summed E-state index contributed by atoms with van der Waals surface area (Å²) in [6, 6.07) is 15.1. The molecule has 2 aromatic rings. The van der Waals surface area contributed by atoms with Crippen LogP contribution in [-0.4, -0.2) is 32.1 Å². The van der Waals surface area contributed by atoms with Crippen LogP contribution >= 0.6 is 0 Å². The van der Waals surface area contributed by atoms with E-state index in [1.165, 1.54) is 6.07 Å². The van der Waals surface area contributed by atoms with Crippen LogP contribution in [0.15, 0.2) is 48.5 Å². The Labute approximate surface area is 140 Å². The lowest BCUT2D eigenvalue weighted by Crippen LogP contribution is -2.28. The summed E-state index contributed by atoms with van der Waals surface area (Å²) in [7, 11) is 1.55. The Morgan fingerprint density at radius 2 is 1.92 bits per heavy atom. The Morgan fingerprint density at radius 1 is 1.12 bits per heavy atom. The first-order chi connectivity index (χ1) is 11.7. The predicted molar refractivity (Wildman–Crippen MR) is 89.8 cm³/mol. The zero-order valence-electron chi connectivity index (χ0n) is 13.2. The summed E-state index contributed by atoms with van der Waals surface area (Å²) in [6.45, 7) is 0.781. The lowest BCUT2D eigenvalue weighted by Gasteiger charge is -2.11. The molecule has 2 amide bonds. The van der Waals surface area contributed by atoms with E-state index in [2.05, 4.69) is 10.6 Å². The van der Waals surface area contributed by atoms with Crippen molar-refractivity contribution in [2.45, 2.75) is 0 Å². The highest BCUT2D eigenvalue weighted by molar-refractivity contribution is 6.09. The molecule has 0 unspecified atom stereocenters. The van der Waals surface area contributed by atoms with Crippen molar-refractivity contribution in [1.82, 2.24) is 5.32 Å². The maximum absolute atomic E-state index is 12.3. The lowest BCUT2D eigenvalue weighted by molar-refractivity contribution is 0.0938. The van der Waals surface area contributed by atoms with Gasteiger partial charge in [-0.25, -0.2) is 0 Å². The molecule has 6 heteroatoms. The third kappa shape index (κ3) is 4.41. The van der Waals surface area contributed by atoms with Crippen molar-refractivity contribution in [1.29, 1.82) is 5.26 Å². The average molecular weight is 323 g/mol. The number of para-hydroxylation sites is 1. The van der Waals surface area contributed by atoms with Crippen LogP contribution in [0.2, 0.25) is 0 Å². The molecule has 0 aromatic heterocycles. The van der Waals surface area contributed by atoms with Gasteiger partial charge in [0.25, 0.3) is 11.8 Å². The fourth-order valence-electron chi connectivity index (χ4n) is 2.08. The molecule has 6 nitrogen and oxygen atoms in total. The molecule has 0 bridgehead atoms. The minimum atomic E-state index is -0.385. The molecule has 0 aliphatic heterocycles. The largest absolute Gasteiger partial charge is 0.383 e. The summed E-state index contributed by atoms with van der Waals surface area (Å²) >= 11 is 0. The zero-order chi connectivity index (χ0) is 17.4. The highest BCUT2D eigenvalue weighted by Crippen LogP contribution is 2.16. The molecule has 0 spiro atoms. The SMILES string of the molecule is COCCNC(=O)c1ccccc1NC(=O)c1cccc(C#N)c1. The monoisotopic (exact) mass is 323 g/mol. The number of carbonyl (C=O) groups is 2. The molecule has 0 heterocycles. The number of rotatable bonds is 6. The number of benzene rings is 2. The Balaban J connectivity index is 2.16. The number of methoxy groups -OCH3 is 1. The number of nitrogens with zero attached hydrogens (tertiary/aromatic N) is 1. The Kier molecular flexibility index (Phi) is 6.06. The summed E-state index contributed by atoms with van der Waals surface area (Å²) in [5, 5.41) is 14.3. The third-order valence-corrected chi connectivity index (χ3v) is 3.27. The van der Waals surface area contributed by atoms with Crippen LogP contribution in [0.4, 0.5) is 5.69 Å². The van der Waals surface area contributed by atoms with Gasteiger partial charge in [0.15, 0.2) is 0 Å². The number of anilines is 1. The van der Waals surface area contributed by atoms with Gasteiger partial charge in [-0.3, -0.25) is 9.59 Å². The fraction of sp³-hybridized carbons (Fsp3) is 0.167. The van der Waals surface area contributed by atoms with Crippen molar-refractivity contribution >= 4 is 17.5 Å². The molecule has 122 valence electrons. The van der Waals surface area contributed by atoms with Crippen LogP contribution in [0.5, 0.6) is 0 Å². The summed E-state index contributed by atoms with van der Waals surface area (Å²) in [6.07, 6.45) is 0. The van der Waals surface area contributed by atoms with Crippen molar-refractivity contribution < 1.29 is 14.3 Å². The quantitative estimate of drug-likeness (QED) is 0.797. The van der Waals surface area contributed by atoms with Gasteiger partial charge in [0, 0.05) is 19.2 Å². The molecule has 0 saturated carbocycles. The van der Waals surface area contributed by atoms with E-state index in [4.69, 9.17) is 10.00 Å². The highest BCUT2D eigenvalue weighted by atomic mass is 16.5. The van der Waals surface area contributed by atoms with Gasteiger partial charge >= 0.3 is 0 Å². The standard InChI is InChI=1S/C18H17N3O3/c1-24-10-9-20-18(23)15-7-2-3-8-16(15)21-17(22)14-6-4-5-13(11-14)12-19/h2-8,11H,9-10H2,1H3,(H,20,23)(H,21,22). The maximum atomic E-state index is 12.3. The molecule has 0 aliphatic rings. The van der Waals surface area contributed by atoms with E-state index in [1.54, 1.807) is 49.6 Å². The number of ether oxygens (including phenoxy) is 1. The average Bonchev–Trinajstić information content (AvgIpc) is 2.62. The van der Waals surface area contributed by atoms with E-state index in [0.717, 1.165) is 0 Å².